The molecule has 0 unspecified atom stereocenters. The summed E-state index contributed by atoms with van der Waals surface area (Å²) in [5, 5.41) is 16.9. The maximum Gasteiger partial charge on any atom is 0.271 e. The Kier molecular flexibility index (Phi) is 4.58. The lowest BCUT2D eigenvalue weighted by molar-refractivity contribution is -0.114. The minimum Gasteiger partial charge on any atom is -0.351 e. The highest BCUT2D eigenvalue weighted by atomic mass is 16.1. The summed E-state index contributed by atoms with van der Waals surface area (Å²) in [7, 11) is 0. The monoisotopic (exact) mass is 182 g/mol. The molecule has 0 spiro atoms. The number of nitrogens with one attached hydrogen (secondary N) is 3. The van der Waals surface area contributed by atoms with E-state index in [1.54, 1.807) is 6.92 Å². The van der Waals surface area contributed by atoms with Crippen LogP contribution < -0.4 is 5.32 Å². The van der Waals surface area contributed by atoms with Crippen LogP contribution in [0.4, 0.5) is 0 Å². The van der Waals surface area contributed by atoms with E-state index in [1.807, 2.05) is 0 Å². The van der Waals surface area contributed by atoms with Gasteiger partial charge >= 0.3 is 0 Å². The lowest BCUT2D eigenvalue weighted by atomic mass is 10.2. The summed E-state index contributed by atoms with van der Waals surface area (Å²) in [5.41, 5.74) is 0.0758. The van der Waals surface area contributed by atoms with Crippen molar-refractivity contribution in [1.82, 2.24) is 5.32 Å². The van der Waals surface area contributed by atoms with Crippen molar-refractivity contribution in [2.45, 2.75) is 20.8 Å². The van der Waals surface area contributed by atoms with Crippen LogP contribution >= 0.6 is 0 Å². The molecule has 0 aliphatic rings. The van der Waals surface area contributed by atoms with E-state index in [9.17, 15) is 4.79 Å². The minimum atomic E-state index is -0.454. The number of amides is 1. The second kappa shape index (κ2) is 5.18. The predicted octanol–water partition coefficient (Wildman–Crippen LogP) is 0.600. The molecule has 0 aromatic carbocycles. The van der Waals surface area contributed by atoms with Gasteiger partial charge in [-0.25, -0.2) is 4.99 Å². The van der Waals surface area contributed by atoms with Gasteiger partial charge in [0.15, 0.2) is 0 Å². The van der Waals surface area contributed by atoms with Gasteiger partial charge in [0.25, 0.3) is 5.91 Å². The Hall–Kier alpha value is -1.52. The molecule has 0 saturated carbocycles. The molecule has 5 heteroatoms. The first-order valence-electron chi connectivity index (χ1n) is 3.96. The predicted molar refractivity (Wildman–Crippen MR) is 52.9 cm³/mol. The Bertz CT molecular complexity index is 267. The summed E-state index contributed by atoms with van der Waals surface area (Å²) in [4.78, 5) is 14.8. The highest BCUT2D eigenvalue weighted by Crippen LogP contribution is 1.84. The normalized spacial score (nSPS) is 10.8. The molecule has 0 bridgehead atoms. The zero-order valence-corrected chi connectivity index (χ0v) is 8.06. The fourth-order valence-electron chi connectivity index (χ4n) is 0.721. The van der Waals surface area contributed by atoms with Crippen molar-refractivity contribution in [3.05, 3.63) is 0 Å². The Balaban J connectivity index is 4.43. The van der Waals surface area contributed by atoms with Gasteiger partial charge in [0.1, 0.15) is 11.5 Å². The molecule has 1 amide bonds. The molecule has 0 aliphatic carbocycles. The maximum atomic E-state index is 11.1. The number of aliphatic imine (C=N–C) groups is 1. The molecule has 72 valence electrons. The van der Waals surface area contributed by atoms with Crippen LogP contribution in [0, 0.1) is 10.8 Å². The average molecular weight is 182 g/mol. The van der Waals surface area contributed by atoms with Gasteiger partial charge in [-0.05, 0) is 20.8 Å². The maximum absolute atomic E-state index is 11.1. The Morgan fingerprint density at radius 1 is 1.38 bits per heavy atom. The van der Waals surface area contributed by atoms with Gasteiger partial charge in [-0.15, -0.1) is 0 Å². The van der Waals surface area contributed by atoms with Gasteiger partial charge in [0.2, 0.25) is 0 Å². The van der Waals surface area contributed by atoms with Crippen LogP contribution in [0.3, 0.4) is 0 Å². The summed E-state index contributed by atoms with van der Waals surface area (Å²) in [6.45, 7) is 5.29. The SMILES string of the molecule is CCNC(=O)C(=N)/C(C)=N\C(C)=N. The third-order valence-electron chi connectivity index (χ3n) is 1.26. The number of hydrogen-bond acceptors (Lipinski definition) is 3. The molecular weight excluding hydrogens is 168 g/mol. The summed E-state index contributed by atoms with van der Waals surface area (Å²) >= 11 is 0. The number of carbonyl (C=O) groups is 1. The first kappa shape index (κ1) is 11.5. The number of carbonyl (C=O) groups excluding carboxylic acids is 1. The summed E-state index contributed by atoms with van der Waals surface area (Å²) in [6.07, 6.45) is 0. The van der Waals surface area contributed by atoms with Crippen molar-refractivity contribution in [3.8, 4) is 0 Å². The summed E-state index contributed by atoms with van der Waals surface area (Å²) in [5.74, 6) is -0.364. The molecule has 0 fully saturated rings. The lowest BCUT2D eigenvalue weighted by Gasteiger charge is -2.02. The van der Waals surface area contributed by atoms with Gasteiger partial charge in [0.05, 0.1) is 5.71 Å². The van der Waals surface area contributed by atoms with Gasteiger partial charge in [-0.3, -0.25) is 15.6 Å². The number of nitrogens with zero attached hydrogens (tertiary/aromatic N) is 1. The van der Waals surface area contributed by atoms with Gasteiger partial charge in [-0.2, -0.15) is 0 Å². The fourth-order valence-corrected chi connectivity index (χ4v) is 0.721. The standard InChI is InChI=1S/C8H14N4O/c1-4-11-8(13)7(10)5(2)12-6(3)9/h9-10H,4H2,1-3H3,(H,11,13)/b9-6?,10-7?,12-5-. The molecule has 5 nitrogen and oxygen atoms in total. The zero-order chi connectivity index (χ0) is 10.4. The molecule has 13 heavy (non-hydrogen) atoms. The van der Waals surface area contributed by atoms with E-state index in [-0.39, 0.29) is 17.3 Å². The first-order valence-corrected chi connectivity index (χ1v) is 3.96. The third-order valence-corrected chi connectivity index (χ3v) is 1.26. The molecule has 3 N–H and O–H groups in total. The number of rotatable bonds is 3. The van der Waals surface area contributed by atoms with Crippen molar-refractivity contribution in [2.24, 2.45) is 4.99 Å². The van der Waals surface area contributed by atoms with E-state index >= 15 is 0 Å². The molecule has 0 atom stereocenters. The van der Waals surface area contributed by atoms with E-state index in [0.717, 1.165) is 0 Å². The van der Waals surface area contributed by atoms with E-state index in [1.165, 1.54) is 13.8 Å². The van der Waals surface area contributed by atoms with E-state index in [2.05, 4.69) is 10.3 Å². The molecule has 0 aromatic heterocycles. The van der Waals surface area contributed by atoms with Crippen molar-refractivity contribution >= 4 is 23.2 Å². The highest BCUT2D eigenvalue weighted by molar-refractivity contribution is 6.66. The first-order chi connectivity index (χ1) is 5.99. The van der Waals surface area contributed by atoms with Crippen LogP contribution in [-0.4, -0.2) is 29.7 Å². The molecule has 0 heterocycles. The van der Waals surface area contributed by atoms with Crippen LogP contribution in [0.5, 0.6) is 0 Å². The second-order valence-electron chi connectivity index (χ2n) is 2.52. The van der Waals surface area contributed by atoms with Crippen molar-refractivity contribution < 1.29 is 4.79 Å². The van der Waals surface area contributed by atoms with Crippen molar-refractivity contribution in [3.63, 3.8) is 0 Å². The van der Waals surface area contributed by atoms with Gasteiger partial charge in [-0.1, -0.05) is 0 Å². The molecule has 0 saturated heterocycles. The fraction of sp³-hybridized carbons (Fsp3) is 0.500. The van der Waals surface area contributed by atoms with Gasteiger partial charge in [0, 0.05) is 6.54 Å². The smallest absolute Gasteiger partial charge is 0.271 e. The van der Waals surface area contributed by atoms with Crippen LogP contribution in [0.15, 0.2) is 4.99 Å². The van der Waals surface area contributed by atoms with E-state index < -0.39 is 5.91 Å². The Morgan fingerprint density at radius 3 is 2.31 bits per heavy atom. The van der Waals surface area contributed by atoms with E-state index in [0.29, 0.717) is 6.54 Å². The third kappa shape index (κ3) is 4.15. The molecule has 0 aliphatic heterocycles. The Labute approximate surface area is 77.3 Å². The molecule has 0 radical (unpaired) electrons. The van der Waals surface area contributed by atoms with Crippen LogP contribution in [0.2, 0.25) is 0 Å². The van der Waals surface area contributed by atoms with Crippen LogP contribution in [-0.2, 0) is 4.79 Å². The van der Waals surface area contributed by atoms with Crippen molar-refractivity contribution in [2.75, 3.05) is 6.54 Å². The number of amidine groups is 1. The summed E-state index contributed by atoms with van der Waals surface area (Å²) < 4.78 is 0. The van der Waals surface area contributed by atoms with Crippen LogP contribution in [0.1, 0.15) is 20.8 Å². The molecule has 0 rings (SSSR count). The largest absolute Gasteiger partial charge is 0.351 e. The molecule has 0 aromatic rings. The highest BCUT2D eigenvalue weighted by Gasteiger charge is 2.10. The topological polar surface area (TPSA) is 89.2 Å². The summed E-state index contributed by atoms with van der Waals surface area (Å²) in [6, 6.07) is 0. The molecular formula is C8H14N4O. The lowest BCUT2D eigenvalue weighted by Crippen LogP contribution is -2.34. The number of hydrogen-bond donors (Lipinski definition) is 3. The van der Waals surface area contributed by atoms with Crippen LogP contribution in [0.25, 0.3) is 0 Å². The average Bonchev–Trinajstić information content (AvgIpc) is 2.02. The van der Waals surface area contributed by atoms with Crippen molar-refractivity contribution in [1.29, 1.82) is 10.8 Å². The van der Waals surface area contributed by atoms with E-state index in [4.69, 9.17) is 10.8 Å². The second-order valence-corrected chi connectivity index (χ2v) is 2.52. The Morgan fingerprint density at radius 2 is 1.92 bits per heavy atom. The minimum absolute atomic E-state index is 0.0894. The van der Waals surface area contributed by atoms with Gasteiger partial charge < -0.3 is 5.32 Å². The zero-order valence-electron chi connectivity index (χ0n) is 8.06. The quantitative estimate of drug-likeness (QED) is 0.433.